The lowest BCUT2D eigenvalue weighted by molar-refractivity contribution is 0.594. The molecule has 0 N–H and O–H groups in total. The molecular formula is C14H15ClN2O2S. The fourth-order valence-electron chi connectivity index (χ4n) is 1.96. The average molecular weight is 311 g/mol. The Morgan fingerprint density at radius 2 is 1.85 bits per heavy atom. The molecule has 2 rings (SSSR count). The smallest absolute Gasteiger partial charge is 0.265 e. The van der Waals surface area contributed by atoms with Gasteiger partial charge in [0, 0.05) is 13.2 Å². The van der Waals surface area contributed by atoms with Crippen LogP contribution in [0.1, 0.15) is 11.1 Å². The molecule has 0 saturated carbocycles. The standard InChI is InChI=1S/C14H15ClN2O2S/c1-10-4-6-13(11(2)8-10)17(3)20(18,19)12-5-7-14(15)16-9-12/h4-9H,1-3H3. The first-order valence-corrected chi connectivity index (χ1v) is 7.82. The van der Waals surface area contributed by atoms with Gasteiger partial charge in [0.15, 0.2) is 0 Å². The number of halogens is 1. The largest absolute Gasteiger partial charge is 0.269 e. The molecule has 2 aromatic rings. The highest BCUT2D eigenvalue weighted by atomic mass is 35.5. The van der Waals surface area contributed by atoms with Crippen molar-refractivity contribution in [3.05, 3.63) is 52.8 Å². The molecule has 0 atom stereocenters. The fraction of sp³-hybridized carbons (Fsp3) is 0.214. The Bertz CT molecular complexity index is 727. The molecular weight excluding hydrogens is 296 g/mol. The maximum atomic E-state index is 12.5. The minimum atomic E-state index is -3.63. The minimum absolute atomic E-state index is 0.115. The van der Waals surface area contributed by atoms with Gasteiger partial charge in [-0.15, -0.1) is 0 Å². The second-order valence-electron chi connectivity index (χ2n) is 4.58. The van der Waals surface area contributed by atoms with Crippen LogP contribution in [0, 0.1) is 13.8 Å². The molecule has 0 aliphatic heterocycles. The van der Waals surface area contributed by atoms with Crippen molar-refractivity contribution in [2.75, 3.05) is 11.4 Å². The van der Waals surface area contributed by atoms with E-state index in [9.17, 15) is 8.42 Å². The van der Waals surface area contributed by atoms with Crippen LogP contribution in [0.5, 0.6) is 0 Å². The third-order valence-electron chi connectivity index (χ3n) is 3.05. The van der Waals surface area contributed by atoms with Crippen LogP contribution >= 0.6 is 11.6 Å². The van der Waals surface area contributed by atoms with Gasteiger partial charge in [-0.05, 0) is 37.6 Å². The van der Waals surface area contributed by atoms with Crippen LogP contribution in [0.25, 0.3) is 0 Å². The van der Waals surface area contributed by atoms with E-state index in [1.165, 1.54) is 29.7 Å². The molecule has 0 aliphatic carbocycles. The molecule has 0 bridgehead atoms. The maximum Gasteiger partial charge on any atom is 0.265 e. The summed E-state index contributed by atoms with van der Waals surface area (Å²) < 4.78 is 26.3. The summed E-state index contributed by atoms with van der Waals surface area (Å²) in [5.41, 5.74) is 2.63. The van der Waals surface area contributed by atoms with Crippen LogP contribution in [0.3, 0.4) is 0 Å². The lowest BCUT2D eigenvalue weighted by Crippen LogP contribution is -2.27. The molecule has 1 heterocycles. The second kappa shape index (κ2) is 5.42. The van der Waals surface area contributed by atoms with E-state index in [4.69, 9.17) is 11.6 Å². The van der Waals surface area contributed by atoms with Crippen LogP contribution in [-0.4, -0.2) is 20.4 Å². The molecule has 106 valence electrons. The molecule has 1 aromatic carbocycles. The fourth-order valence-corrected chi connectivity index (χ4v) is 3.28. The van der Waals surface area contributed by atoms with Gasteiger partial charge in [-0.25, -0.2) is 13.4 Å². The summed E-state index contributed by atoms with van der Waals surface area (Å²) in [6.07, 6.45) is 1.26. The summed E-state index contributed by atoms with van der Waals surface area (Å²) in [5.74, 6) is 0. The summed E-state index contributed by atoms with van der Waals surface area (Å²) in [6.45, 7) is 3.85. The summed E-state index contributed by atoms with van der Waals surface area (Å²) in [5, 5.41) is 0.262. The number of rotatable bonds is 3. The van der Waals surface area contributed by atoms with E-state index < -0.39 is 10.0 Å². The topological polar surface area (TPSA) is 50.3 Å². The predicted octanol–water partition coefficient (Wildman–Crippen LogP) is 3.18. The van der Waals surface area contributed by atoms with Crippen LogP contribution in [0.2, 0.25) is 5.15 Å². The van der Waals surface area contributed by atoms with Gasteiger partial charge in [0.05, 0.1) is 5.69 Å². The first kappa shape index (κ1) is 14.8. The lowest BCUT2D eigenvalue weighted by Gasteiger charge is -2.21. The van der Waals surface area contributed by atoms with Gasteiger partial charge in [-0.3, -0.25) is 4.31 Å². The van der Waals surface area contributed by atoms with Crippen LogP contribution < -0.4 is 4.31 Å². The van der Waals surface area contributed by atoms with E-state index in [2.05, 4.69) is 4.98 Å². The van der Waals surface area contributed by atoms with Gasteiger partial charge in [0.1, 0.15) is 10.0 Å². The quantitative estimate of drug-likeness (QED) is 0.818. The van der Waals surface area contributed by atoms with Crippen LogP contribution in [0.4, 0.5) is 5.69 Å². The molecule has 0 unspecified atom stereocenters. The number of benzene rings is 1. The summed E-state index contributed by atoms with van der Waals surface area (Å²) >= 11 is 5.68. The summed E-state index contributed by atoms with van der Waals surface area (Å²) in [6, 6.07) is 8.54. The monoisotopic (exact) mass is 310 g/mol. The van der Waals surface area contributed by atoms with Crippen molar-refractivity contribution in [2.45, 2.75) is 18.7 Å². The second-order valence-corrected chi connectivity index (χ2v) is 6.94. The number of sulfonamides is 1. The third-order valence-corrected chi connectivity index (χ3v) is 5.03. The van der Waals surface area contributed by atoms with E-state index in [-0.39, 0.29) is 10.0 Å². The molecule has 6 heteroatoms. The molecule has 20 heavy (non-hydrogen) atoms. The Balaban J connectivity index is 2.45. The number of aryl methyl sites for hydroxylation is 2. The average Bonchev–Trinajstić information content (AvgIpc) is 2.38. The van der Waals surface area contributed by atoms with Crippen molar-refractivity contribution in [3.8, 4) is 0 Å². The van der Waals surface area contributed by atoms with E-state index in [1.54, 1.807) is 6.07 Å². The number of aromatic nitrogens is 1. The Labute approximate surface area is 124 Å². The van der Waals surface area contributed by atoms with Gasteiger partial charge >= 0.3 is 0 Å². The molecule has 0 spiro atoms. The normalized spacial score (nSPS) is 11.4. The van der Waals surface area contributed by atoms with Crippen molar-refractivity contribution in [1.29, 1.82) is 0 Å². The van der Waals surface area contributed by atoms with Gasteiger partial charge in [0.25, 0.3) is 10.0 Å². The first-order chi connectivity index (χ1) is 9.32. The molecule has 1 aromatic heterocycles. The molecule has 0 fully saturated rings. The highest BCUT2D eigenvalue weighted by molar-refractivity contribution is 7.92. The van der Waals surface area contributed by atoms with E-state index >= 15 is 0 Å². The van der Waals surface area contributed by atoms with Crippen molar-refractivity contribution >= 4 is 27.3 Å². The van der Waals surface area contributed by atoms with Crippen molar-refractivity contribution < 1.29 is 8.42 Å². The van der Waals surface area contributed by atoms with Crippen LogP contribution in [0.15, 0.2) is 41.4 Å². The number of hydrogen-bond acceptors (Lipinski definition) is 3. The Hall–Kier alpha value is -1.59. The molecule has 0 amide bonds. The highest BCUT2D eigenvalue weighted by Crippen LogP contribution is 2.26. The number of nitrogens with zero attached hydrogens (tertiary/aromatic N) is 2. The Morgan fingerprint density at radius 1 is 1.15 bits per heavy atom. The third kappa shape index (κ3) is 2.78. The number of pyridine rings is 1. The highest BCUT2D eigenvalue weighted by Gasteiger charge is 2.22. The zero-order chi connectivity index (χ0) is 14.9. The van der Waals surface area contributed by atoms with Gasteiger partial charge in [-0.2, -0.15) is 0 Å². The van der Waals surface area contributed by atoms with Gasteiger partial charge in [0.2, 0.25) is 0 Å². The lowest BCUT2D eigenvalue weighted by atomic mass is 10.1. The molecule has 4 nitrogen and oxygen atoms in total. The van der Waals surface area contributed by atoms with Crippen molar-refractivity contribution in [2.24, 2.45) is 0 Å². The predicted molar refractivity (Wildman–Crippen MR) is 80.8 cm³/mol. The first-order valence-electron chi connectivity index (χ1n) is 6.00. The summed E-state index contributed by atoms with van der Waals surface area (Å²) in [7, 11) is -2.10. The number of hydrogen-bond donors (Lipinski definition) is 0. The van der Waals surface area contributed by atoms with Crippen molar-refractivity contribution in [3.63, 3.8) is 0 Å². The van der Waals surface area contributed by atoms with Crippen molar-refractivity contribution in [1.82, 2.24) is 4.98 Å². The Morgan fingerprint density at radius 3 is 2.40 bits per heavy atom. The summed E-state index contributed by atoms with van der Waals surface area (Å²) in [4.78, 5) is 3.93. The molecule has 0 aliphatic rings. The zero-order valence-electron chi connectivity index (χ0n) is 11.5. The van der Waals surface area contributed by atoms with Crippen LogP contribution in [-0.2, 0) is 10.0 Å². The van der Waals surface area contributed by atoms with Gasteiger partial charge in [-0.1, -0.05) is 29.3 Å². The minimum Gasteiger partial charge on any atom is -0.269 e. The zero-order valence-corrected chi connectivity index (χ0v) is 13.0. The van der Waals surface area contributed by atoms with E-state index in [0.717, 1.165) is 11.1 Å². The van der Waals surface area contributed by atoms with Gasteiger partial charge < -0.3 is 0 Å². The SMILES string of the molecule is Cc1ccc(N(C)S(=O)(=O)c2ccc(Cl)nc2)c(C)c1. The van der Waals surface area contributed by atoms with E-state index in [1.807, 2.05) is 26.0 Å². The Kier molecular flexibility index (Phi) is 4.01. The molecule has 0 radical (unpaired) electrons. The van der Waals surface area contributed by atoms with E-state index in [0.29, 0.717) is 5.69 Å². The number of anilines is 1. The maximum absolute atomic E-state index is 12.5. The molecule has 0 saturated heterocycles.